The molecule has 0 atom stereocenters. The summed E-state index contributed by atoms with van der Waals surface area (Å²) in [6.07, 6.45) is 3.15. The van der Waals surface area contributed by atoms with E-state index < -0.39 is 0 Å². The van der Waals surface area contributed by atoms with Crippen molar-refractivity contribution in [2.75, 3.05) is 11.4 Å². The Labute approximate surface area is 121 Å². The minimum atomic E-state index is -0.306. The second-order valence-electron chi connectivity index (χ2n) is 4.66. The van der Waals surface area contributed by atoms with Gasteiger partial charge in [0, 0.05) is 24.7 Å². The summed E-state index contributed by atoms with van der Waals surface area (Å²) in [6, 6.07) is 8.70. The normalized spacial score (nSPS) is 15.8. The molecule has 6 nitrogen and oxygen atoms in total. The Morgan fingerprint density at radius 2 is 2.10 bits per heavy atom. The maximum Gasteiger partial charge on any atom is 0.262 e. The third kappa shape index (κ3) is 2.20. The summed E-state index contributed by atoms with van der Waals surface area (Å²) in [5.74, 6) is -0.457. The van der Waals surface area contributed by atoms with Gasteiger partial charge in [0.15, 0.2) is 0 Å². The van der Waals surface area contributed by atoms with Crippen LogP contribution in [0.1, 0.15) is 22.3 Å². The molecule has 6 heteroatoms. The summed E-state index contributed by atoms with van der Waals surface area (Å²) >= 11 is 0. The van der Waals surface area contributed by atoms with Gasteiger partial charge in [0.05, 0.1) is 23.2 Å². The zero-order valence-corrected chi connectivity index (χ0v) is 11.1. The highest BCUT2D eigenvalue weighted by Gasteiger charge is 2.28. The van der Waals surface area contributed by atoms with Crippen LogP contribution in [0.5, 0.6) is 5.75 Å². The van der Waals surface area contributed by atoms with E-state index in [2.05, 4.69) is 10.1 Å². The zero-order chi connectivity index (χ0) is 14.8. The number of oxime groups is 1. The predicted molar refractivity (Wildman–Crippen MR) is 77.0 cm³/mol. The van der Waals surface area contributed by atoms with Crippen molar-refractivity contribution in [1.29, 1.82) is 0 Å². The van der Waals surface area contributed by atoms with Crippen molar-refractivity contribution in [2.24, 2.45) is 5.16 Å². The average Bonchev–Trinajstić information content (AvgIpc) is 2.53. The quantitative estimate of drug-likeness (QED) is 0.619. The number of aromatic nitrogens is 1. The molecule has 0 saturated heterocycles. The van der Waals surface area contributed by atoms with E-state index in [0.29, 0.717) is 29.9 Å². The molecule has 0 unspecified atom stereocenters. The lowest BCUT2D eigenvalue weighted by atomic mass is 9.99. The van der Waals surface area contributed by atoms with E-state index in [4.69, 9.17) is 5.21 Å². The van der Waals surface area contributed by atoms with Crippen LogP contribution in [0, 0.1) is 0 Å². The molecule has 0 saturated carbocycles. The summed E-state index contributed by atoms with van der Waals surface area (Å²) in [7, 11) is 0. The second-order valence-corrected chi connectivity index (χ2v) is 4.66. The first-order valence-corrected chi connectivity index (χ1v) is 6.47. The molecular weight excluding hydrogens is 270 g/mol. The van der Waals surface area contributed by atoms with Gasteiger partial charge in [-0.15, -0.1) is 0 Å². The van der Waals surface area contributed by atoms with Crippen molar-refractivity contribution in [1.82, 2.24) is 4.98 Å². The monoisotopic (exact) mass is 283 g/mol. The van der Waals surface area contributed by atoms with Gasteiger partial charge < -0.3 is 15.2 Å². The molecule has 2 aromatic rings. The van der Waals surface area contributed by atoms with Crippen LogP contribution < -0.4 is 4.90 Å². The molecule has 0 spiro atoms. The largest absolute Gasteiger partial charge is 0.505 e. The number of hydrogen-bond acceptors (Lipinski definition) is 5. The average molecular weight is 283 g/mol. The molecule has 0 bridgehead atoms. The van der Waals surface area contributed by atoms with E-state index in [-0.39, 0.29) is 17.2 Å². The molecule has 1 aliphatic rings. The van der Waals surface area contributed by atoms with Gasteiger partial charge in [-0.05, 0) is 12.1 Å². The van der Waals surface area contributed by atoms with Crippen LogP contribution in [0.4, 0.5) is 5.69 Å². The van der Waals surface area contributed by atoms with Crippen LogP contribution in [0.3, 0.4) is 0 Å². The lowest BCUT2D eigenvalue weighted by Crippen LogP contribution is -2.37. The lowest BCUT2D eigenvalue weighted by molar-refractivity contribution is 0.0984. The molecule has 0 radical (unpaired) electrons. The number of carbonyl (C=O) groups is 1. The van der Waals surface area contributed by atoms with Gasteiger partial charge >= 0.3 is 0 Å². The van der Waals surface area contributed by atoms with Crippen LogP contribution in [-0.4, -0.2) is 33.5 Å². The first kappa shape index (κ1) is 13.1. The summed E-state index contributed by atoms with van der Waals surface area (Å²) < 4.78 is 0. The van der Waals surface area contributed by atoms with E-state index >= 15 is 0 Å². The number of carbonyl (C=O) groups excluding carboxylic acids is 1. The maximum atomic E-state index is 12.6. The van der Waals surface area contributed by atoms with Crippen molar-refractivity contribution >= 4 is 17.3 Å². The number of hydrogen-bond donors (Lipinski definition) is 2. The molecule has 21 heavy (non-hydrogen) atoms. The fraction of sp³-hybridized carbons (Fsp3) is 0.133. The Bertz CT molecular complexity index is 728. The molecule has 1 aromatic carbocycles. The minimum Gasteiger partial charge on any atom is -0.505 e. The van der Waals surface area contributed by atoms with Crippen molar-refractivity contribution in [3.8, 4) is 5.75 Å². The van der Waals surface area contributed by atoms with Crippen LogP contribution in [-0.2, 0) is 0 Å². The number of aromatic hydroxyl groups is 1. The number of nitrogens with zero attached hydrogens (tertiary/aromatic N) is 3. The van der Waals surface area contributed by atoms with Gasteiger partial charge in [-0.3, -0.25) is 9.78 Å². The number of fused-ring (bicyclic) bond motifs is 1. The van der Waals surface area contributed by atoms with Crippen molar-refractivity contribution < 1.29 is 15.1 Å². The molecule has 1 aliphatic heterocycles. The molecule has 0 aliphatic carbocycles. The molecule has 106 valence electrons. The summed E-state index contributed by atoms with van der Waals surface area (Å²) in [6.45, 7) is 0.386. The Balaban J connectivity index is 2.05. The number of pyridine rings is 1. The first-order chi connectivity index (χ1) is 10.2. The molecule has 1 amide bonds. The number of para-hydroxylation sites is 1. The van der Waals surface area contributed by atoms with Gasteiger partial charge in [-0.1, -0.05) is 23.4 Å². The SMILES string of the molecule is O=C(c1ccncc1O)N1CC/C(=N/O)c2ccccc21. The third-order valence-electron chi connectivity index (χ3n) is 3.47. The van der Waals surface area contributed by atoms with Gasteiger partial charge in [-0.25, -0.2) is 0 Å². The van der Waals surface area contributed by atoms with Crippen LogP contribution in [0.15, 0.2) is 47.9 Å². The highest BCUT2D eigenvalue weighted by Crippen LogP contribution is 2.29. The standard InChI is InChI=1S/C15H13N3O3/c19-14-9-16-7-5-11(14)15(20)18-8-6-12(17-21)10-3-1-2-4-13(10)18/h1-5,7,9,19,21H,6,8H2/b17-12-. The van der Waals surface area contributed by atoms with E-state index in [0.717, 1.165) is 0 Å². The number of anilines is 1. The molecule has 2 N–H and O–H groups in total. The van der Waals surface area contributed by atoms with Gasteiger partial charge in [0.2, 0.25) is 0 Å². The van der Waals surface area contributed by atoms with Crippen molar-refractivity contribution in [3.63, 3.8) is 0 Å². The smallest absolute Gasteiger partial charge is 0.262 e. The Hall–Kier alpha value is -2.89. The molecule has 1 aromatic heterocycles. The fourth-order valence-electron chi connectivity index (χ4n) is 2.45. The predicted octanol–water partition coefficient (Wildman–Crippen LogP) is 2.02. The minimum absolute atomic E-state index is 0.151. The van der Waals surface area contributed by atoms with Crippen molar-refractivity contribution in [3.05, 3.63) is 53.9 Å². The van der Waals surface area contributed by atoms with Gasteiger partial charge in [0.1, 0.15) is 5.75 Å². The number of rotatable bonds is 1. The van der Waals surface area contributed by atoms with E-state index in [1.165, 1.54) is 18.5 Å². The topological polar surface area (TPSA) is 86.0 Å². The zero-order valence-electron chi connectivity index (χ0n) is 11.1. The fourth-order valence-corrected chi connectivity index (χ4v) is 2.45. The molecule has 3 rings (SSSR count). The summed E-state index contributed by atoms with van der Waals surface area (Å²) in [5.41, 5.74) is 2.13. The maximum absolute atomic E-state index is 12.6. The molecular formula is C15H13N3O3. The highest BCUT2D eigenvalue weighted by atomic mass is 16.4. The first-order valence-electron chi connectivity index (χ1n) is 6.47. The Kier molecular flexibility index (Phi) is 3.27. The second kappa shape index (κ2) is 5.24. The van der Waals surface area contributed by atoms with Crippen LogP contribution >= 0.6 is 0 Å². The summed E-state index contributed by atoms with van der Waals surface area (Å²) in [4.78, 5) is 18.0. The number of benzene rings is 1. The van der Waals surface area contributed by atoms with Crippen LogP contribution in [0.25, 0.3) is 0 Å². The van der Waals surface area contributed by atoms with Crippen molar-refractivity contribution in [2.45, 2.75) is 6.42 Å². The third-order valence-corrected chi connectivity index (χ3v) is 3.47. The highest BCUT2D eigenvalue weighted by molar-refractivity contribution is 6.15. The van der Waals surface area contributed by atoms with Gasteiger partial charge in [0.25, 0.3) is 5.91 Å². The van der Waals surface area contributed by atoms with E-state index in [1.807, 2.05) is 12.1 Å². The van der Waals surface area contributed by atoms with E-state index in [1.54, 1.807) is 17.0 Å². The van der Waals surface area contributed by atoms with Gasteiger partial charge in [-0.2, -0.15) is 0 Å². The molecule has 0 fully saturated rings. The van der Waals surface area contributed by atoms with Crippen LogP contribution in [0.2, 0.25) is 0 Å². The summed E-state index contributed by atoms with van der Waals surface area (Å²) in [5, 5.41) is 22.1. The molecule has 2 heterocycles. The number of amides is 1. The Morgan fingerprint density at radius 1 is 1.29 bits per heavy atom. The Morgan fingerprint density at radius 3 is 2.86 bits per heavy atom. The van der Waals surface area contributed by atoms with E-state index in [9.17, 15) is 9.90 Å². The lowest BCUT2D eigenvalue weighted by Gasteiger charge is -2.29.